The maximum atomic E-state index is 12.7. The van der Waals surface area contributed by atoms with Crippen LogP contribution in [0.5, 0.6) is 0 Å². The van der Waals surface area contributed by atoms with Crippen LogP contribution in [0.25, 0.3) is 0 Å². The molecule has 0 nitrogen and oxygen atoms in total. The maximum Gasteiger partial charge on any atom is 0.276 e. The summed E-state index contributed by atoms with van der Waals surface area (Å²) >= 11 is 11.0. The molecule has 1 aromatic carbocycles. The quantitative estimate of drug-likeness (QED) is 0.658. The van der Waals surface area contributed by atoms with Crippen LogP contribution >= 0.6 is 23.2 Å². The van der Waals surface area contributed by atoms with Gasteiger partial charge in [-0.05, 0) is 12.1 Å². The Labute approximate surface area is 79.1 Å². The highest BCUT2D eigenvalue weighted by atomic mass is 35.5. The lowest BCUT2D eigenvalue weighted by molar-refractivity contribution is 0.0489. The molecule has 0 unspecified atom stereocenters. The molecular weight excluding hydrogens is 205 g/mol. The van der Waals surface area contributed by atoms with E-state index in [-0.39, 0.29) is 10.0 Å². The molecule has 0 bridgehead atoms. The van der Waals surface area contributed by atoms with E-state index in [1.54, 1.807) is 0 Å². The molecule has 0 amide bonds. The van der Waals surface area contributed by atoms with Crippen LogP contribution in [0, 0.1) is 6.92 Å². The SMILES string of the molecule is [CH2]C(F)(F)c1c(Cl)cccc1Cl. The zero-order valence-electron chi connectivity index (χ0n) is 5.95. The van der Waals surface area contributed by atoms with Crippen molar-refractivity contribution in [1.82, 2.24) is 0 Å². The number of hydrogen-bond donors (Lipinski definition) is 0. The van der Waals surface area contributed by atoms with Gasteiger partial charge in [0.2, 0.25) is 0 Å². The van der Waals surface area contributed by atoms with E-state index in [0.717, 1.165) is 0 Å². The van der Waals surface area contributed by atoms with Crippen LogP contribution in [0.15, 0.2) is 18.2 Å². The van der Waals surface area contributed by atoms with Crippen molar-refractivity contribution >= 4 is 23.2 Å². The fourth-order valence-electron chi connectivity index (χ4n) is 0.847. The van der Waals surface area contributed by atoms with Gasteiger partial charge in [-0.1, -0.05) is 29.3 Å². The lowest BCUT2D eigenvalue weighted by atomic mass is 10.1. The summed E-state index contributed by atoms with van der Waals surface area (Å²) in [5.41, 5.74) is -0.423. The van der Waals surface area contributed by atoms with Crippen molar-refractivity contribution in [3.8, 4) is 0 Å². The second-order valence-electron chi connectivity index (χ2n) is 2.30. The molecule has 1 aromatic rings. The normalized spacial score (nSPS) is 11.8. The maximum absolute atomic E-state index is 12.7. The molecular formula is C8H5Cl2F2. The Kier molecular flexibility index (Phi) is 2.59. The third kappa shape index (κ3) is 1.87. The summed E-state index contributed by atoms with van der Waals surface area (Å²) < 4.78 is 25.4. The van der Waals surface area contributed by atoms with Gasteiger partial charge in [0.1, 0.15) is 0 Å². The van der Waals surface area contributed by atoms with Crippen LogP contribution in [0.3, 0.4) is 0 Å². The Bertz CT molecular complexity index is 271. The van der Waals surface area contributed by atoms with Gasteiger partial charge in [0.15, 0.2) is 0 Å². The number of benzene rings is 1. The van der Waals surface area contributed by atoms with Crippen LogP contribution in [0.2, 0.25) is 10.0 Å². The van der Waals surface area contributed by atoms with Gasteiger partial charge in [-0.25, -0.2) is 8.78 Å². The molecule has 0 atom stereocenters. The summed E-state index contributed by atoms with van der Waals surface area (Å²) in [6, 6.07) is 4.20. The summed E-state index contributed by atoms with van der Waals surface area (Å²) in [4.78, 5) is 0. The van der Waals surface area contributed by atoms with Crippen LogP contribution < -0.4 is 0 Å². The van der Waals surface area contributed by atoms with E-state index < -0.39 is 11.5 Å². The molecule has 1 radical (unpaired) electrons. The molecule has 12 heavy (non-hydrogen) atoms. The molecule has 0 aliphatic rings. The fourth-order valence-corrected chi connectivity index (χ4v) is 1.52. The Morgan fingerprint density at radius 2 is 1.58 bits per heavy atom. The molecule has 0 saturated carbocycles. The van der Waals surface area contributed by atoms with E-state index in [4.69, 9.17) is 23.2 Å². The number of hydrogen-bond acceptors (Lipinski definition) is 0. The largest absolute Gasteiger partial charge is 0.276 e. The molecule has 0 saturated heterocycles. The molecule has 0 N–H and O–H groups in total. The van der Waals surface area contributed by atoms with Crippen LogP contribution in [0.4, 0.5) is 8.78 Å². The van der Waals surface area contributed by atoms with E-state index in [2.05, 4.69) is 6.92 Å². The first-order chi connectivity index (χ1) is 5.43. The van der Waals surface area contributed by atoms with Crippen molar-refractivity contribution in [1.29, 1.82) is 0 Å². The number of rotatable bonds is 1. The molecule has 0 heterocycles. The van der Waals surface area contributed by atoms with E-state index in [1.165, 1.54) is 18.2 Å². The van der Waals surface area contributed by atoms with Crippen LogP contribution in [-0.2, 0) is 5.92 Å². The lowest BCUT2D eigenvalue weighted by Crippen LogP contribution is -2.08. The summed E-state index contributed by atoms with van der Waals surface area (Å²) in [5, 5.41) is -0.134. The van der Waals surface area contributed by atoms with E-state index in [1.807, 2.05) is 0 Å². The van der Waals surface area contributed by atoms with Crippen molar-refractivity contribution in [3.05, 3.63) is 40.7 Å². The smallest absolute Gasteiger partial charge is 0.201 e. The summed E-state index contributed by atoms with van der Waals surface area (Å²) in [6.45, 7) is 2.66. The van der Waals surface area contributed by atoms with Crippen molar-refractivity contribution in [2.45, 2.75) is 5.92 Å². The monoisotopic (exact) mass is 209 g/mol. The average molecular weight is 210 g/mol. The predicted molar refractivity (Wildman–Crippen MR) is 45.7 cm³/mol. The number of alkyl halides is 2. The average Bonchev–Trinajstić information content (AvgIpc) is 1.82. The first-order valence-corrected chi connectivity index (χ1v) is 3.86. The van der Waals surface area contributed by atoms with Crippen LogP contribution in [0.1, 0.15) is 5.56 Å². The fraction of sp³-hybridized carbons (Fsp3) is 0.125. The van der Waals surface area contributed by atoms with Gasteiger partial charge in [-0.2, -0.15) is 0 Å². The zero-order valence-corrected chi connectivity index (χ0v) is 7.46. The highest BCUT2D eigenvalue weighted by Gasteiger charge is 2.29. The molecule has 0 aliphatic carbocycles. The van der Waals surface area contributed by atoms with Crippen LogP contribution in [-0.4, -0.2) is 0 Å². The molecule has 0 fully saturated rings. The Balaban J connectivity index is 3.31. The third-order valence-corrected chi connectivity index (χ3v) is 1.96. The van der Waals surface area contributed by atoms with Gasteiger partial charge in [0.05, 0.1) is 15.6 Å². The van der Waals surface area contributed by atoms with Gasteiger partial charge in [0.25, 0.3) is 5.92 Å². The minimum absolute atomic E-state index is 0.0671. The molecule has 1 rings (SSSR count). The second-order valence-corrected chi connectivity index (χ2v) is 3.12. The van der Waals surface area contributed by atoms with Gasteiger partial charge < -0.3 is 0 Å². The Hall–Kier alpha value is -0.340. The topological polar surface area (TPSA) is 0 Å². The Morgan fingerprint density at radius 1 is 1.17 bits per heavy atom. The minimum atomic E-state index is -3.24. The van der Waals surface area contributed by atoms with E-state index in [9.17, 15) is 8.78 Å². The first-order valence-electron chi connectivity index (χ1n) is 3.10. The van der Waals surface area contributed by atoms with E-state index in [0.29, 0.717) is 0 Å². The second kappa shape index (κ2) is 3.19. The molecule has 0 aromatic heterocycles. The van der Waals surface area contributed by atoms with Crippen molar-refractivity contribution < 1.29 is 8.78 Å². The minimum Gasteiger partial charge on any atom is -0.201 e. The van der Waals surface area contributed by atoms with Gasteiger partial charge in [-0.3, -0.25) is 0 Å². The van der Waals surface area contributed by atoms with Gasteiger partial charge in [-0.15, -0.1) is 0 Å². The zero-order chi connectivity index (χ0) is 9.35. The lowest BCUT2D eigenvalue weighted by Gasteiger charge is -2.13. The van der Waals surface area contributed by atoms with Gasteiger partial charge >= 0.3 is 0 Å². The predicted octanol–water partition coefficient (Wildman–Crippen LogP) is 3.92. The highest BCUT2D eigenvalue weighted by Crippen LogP contribution is 2.37. The number of halogens is 4. The molecule has 0 spiro atoms. The standard InChI is InChI=1S/C8H5Cl2F2/c1-8(11,12)7-5(9)3-2-4-6(7)10/h2-4H,1H2. The first kappa shape index (κ1) is 9.75. The Morgan fingerprint density at radius 3 is 1.83 bits per heavy atom. The molecule has 4 heteroatoms. The van der Waals surface area contributed by atoms with Crippen molar-refractivity contribution in [2.75, 3.05) is 0 Å². The summed E-state index contributed by atoms with van der Waals surface area (Å²) in [7, 11) is 0. The molecule has 65 valence electrons. The third-order valence-electron chi connectivity index (χ3n) is 1.33. The van der Waals surface area contributed by atoms with Crippen molar-refractivity contribution in [3.63, 3.8) is 0 Å². The van der Waals surface area contributed by atoms with Crippen molar-refractivity contribution in [2.24, 2.45) is 0 Å². The highest BCUT2D eigenvalue weighted by molar-refractivity contribution is 6.36. The van der Waals surface area contributed by atoms with Gasteiger partial charge in [0, 0.05) is 6.92 Å². The summed E-state index contributed by atoms with van der Waals surface area (Å²) in [6.07, 6.45) is 0. The van der Waals surface area contributed by atoms with E-state index >= 15 is 0 Å². The summed E-state index contributed by atoms with van der Waals surface area (Å²) in [5.74, 6) is -3.24. The molecule has 0 aliphatic heterocycles.